The van der Waals surface area contributed by atoms with Crippen LogP contribution in [0, 0.1) is 13.8 Å². The summed E-state index contributed by atoms with van der Waals surface area (Å²) in [4.78, 5) is 10.5. The molecule has 0 fully saturated rings. The zero-order chi connectivity index (χ0) is 20.1. The Kier molecular flexibility index (Phi) is 8.57. The predicted octanol–water partition coefficient (Wildman–Crippen LogP) is 4.18. The van der Waals surface area contributed by atoms with Crippen LogP contribution in [0.25, 0.3) is 0 Å². The van der Waals surface area contributed by atoms with E-state index in [1.165, 1.54) is 10.4 Å². The first-order chi connectivity index (χ1) is 13.4. The number of nitrogens with zero attached hydrogens (tertiary/aromatic N) is 2. The fourth-order valence-corrected chi connectivity index (χ4v) is 3.82. The van der Waals surface area contributed by atoms with Crippen molar-refractivity contribution in [3.8, 4) is 11.5 Å². The largest absolute Gasteiger partial charge is 0.486 e. The summed E-state index contributed by atoms with van der Waals surface area (Å²) in [5.74, 6) is 2.45. The number of guanidine groups is 1. The van der Waals surface area contributed by atoms with E-state index in [1.807, 2.05) is 13.0 Å². The van der Waals surface area contributed by atoms with E-state index in [-0.39, 0.29) is 29.4 Å². The highest BCUT2D eigenvalue weighted by Gasteiger charge is 2.24. The molecular formula is C21H31IN4O2S. The molecule has 0 spiro atoms. The maximum atomic E-state index is 5.74. The van der Waals surface area contributed by atoms with E-state index in [4.69, 9.17) is 14.5 Å². The number of halogens is 1. The van der Waals surface area contributed by atoms with Crippen molar-refractivity contribution in [2.45, 2.75) is 46.6 Å². The molecule has 6 nitrogen and oxygen atoms in total. The molecule has 1 aromatic carbocycles. The summed E-state index contributed by atoms with van der Waals surface area (Å²) in [6.45, 7) is 14.0. The van der Waals surface area contributed by atoms with Crippen molar-refractivity contribution in [3.05, 3.63) is 39.3 Å². The van der Waals surface area contributed by atoms with Gasteiger partial charge in [0, 0.05) is 23.4 Å². The number of benzene rings is 1. The van der Waals surface area contributed by atoms with Crippen molar-refractivity contribution >= 4 is 41.3 Å². The minimum Gasteiger partial charge on any atom is -0.486 e. The van der Waals surface area contributed by atoms with Crippen LogP contribution in [0.4, 0.5) is 0 Å². The average Bonchev–Trinajstić information content (AvgIpc) is 3.01. The summed E-state index contributed by atoms with van der Waals surface area (Å²) in [6, 6.07) is 6.19. The van der Waals surface area contributed by atoms with Crippen molar-refractivity contribution in [3.63, 3.8) is 0 Å². The van der Waals surface area contributed by atoms with E-state index in [1.54, 1.807) is 11.3 Å². The number of hydrogen-bond acceptors (Lipinski definition) is 5. The lowest BCUT2D eigenvalue weighted by Gasteiger charge is -2.28. The number of nitrogens with one attached hydrogen (secondary N) is 2. The summed E-state index contributed by atoms with van der Waals surface area (Å²) >= 11 is 1.71. The van der Waals surface area contributed by atoms with Crippen LogP contribution in [0.1, 0.15) is 41.9 Å². The van der Waals surface area contributed by atoms with Crippen molar-refractivity contribution < 1.29 is 9.47 Å². The summed E-state index contributed by atoms with van der Waals surface area (Å²) in [7, 11) is 0. The van der Waals surface area contributed by atoms with Gasteiger partial charge in [0.1, 0.15) is 18.2 Å². The topological polar surface area (TPSA) is 67.8 Å². The fourth-order valence-electron chi connectivity index (χ4n) is 2.97. The minimum atomic E-state index is -0.0968. The van der Waals surface area contributed by atoms with Crippen molar-refractivity contribution in [2.24, 2.45) is 4.99 Å². The maximum absolute atomic E-state index is 5.74. The number of fused-ring (bicyclic) bond motifs is 1. The molecule has 0 radical (unpaired) electrons. The number of rotatable bonds is 6. The van der Waals surface area contributed by atoms with E-state index in [2.05, 4.69) is 55.4 Å². The molecule has 1 aliphatic rings. The second-order valence-electron chi connectivity index (χ2n) is 7.54. The first-order valence-corrected chi connectivity index (χ1v) is 10.6. The number of hydrogen-bond donors (Lipinski definition) is 2. The monoisotopic (exact) mass is 530 g/mol. The minimum absolute atomic E-state index is 0. The van der Waals surface area contributed by atoms with Crippen LogP contribution in [0.3, 0.4) is 0 Å². The second-order valence-corrected chi connectivity index (χ2v) is 8.83. The third kappa shape index (κ3) is 6.21. The predicted molar refractivity (Wildman–Crippen MR) is 130 cm³/mol. The highest BCUT2D eigenvalue weighted by atomic mass is 127. The molecule has 0 saturated carbocycles. The van der Waals surface area contributed by atoms with Crippen LogP contribution in [0.5, 0.6) is 11.5 Å². The van der Waals surface area contributed by atoms with Crippen LogP contribution in [-0.2, 0) is 12.0 Å². The highest BCUT2D eigenvalue weighted by molar-refractivity contribution is 14.0. The maximum Gasteiger partial charge on any atom is 0.191 e. The van der Waals surface area contributed by atoms with Gasteiger partial charge in [0.2, 0.25) is 0 Å². The zero-order valence-electron chi connectivity index (χ0n) is 17.8. The average molecular weight is 530 g/mol. The lowest BCUT2D eigenvalue weighted by molar-refractivity contribution is 0.171. The first kappa shape index (κ1) is 23.7. The van der Waals surface area contributed by atoms with E-state index >= 15 is 0 Å². The van der Waals surface area contributed by atoms with Gasteiger partial charge >= 0.3 is 0 Å². The zero-order valence-corrected chi connectivity index (χ0v) is 20.9. The molecule has 1 aromatic heterocycles. The first-order valence-electron chi connectivity index (χ1n) is 9.74. The number of thiazole rings is 1. The SMILES string of the molecule is CCNC(=NCc1nc(C)c(C)s1)NCC(C)(C)c1ccc2c(c1)OCCO2.I. The van der Waals surface area contributed by atoms with Crippen molar-refractivity contribution in [1.82, 2.24) is 15.6 Å². The van der Waals surface area contributed by atoms with E-state index in [0.717, 1.165) is 41.2 Å². The van der Waals surface area contributed by atoms with Gasteiger partial charge in [-0.2, -0.15) is 0 Å². The number of ether oxygens (including phenoxy) is 2. The Morgan fingerprint density at radius 1 is 1.17 bits per heavy atom. The number of aryl methyl sites for hydroxylation is 2. The van der Waals surface area contributed by atoms with Gasteiger partial charge in [-0.1, -0.05) is 19.9 Å². The molecule has 2 aromatic rings. The van der Waals surface area contributed by atoms with Gasteiger partial charge < -0.3 is 20.1 Å². The molecule has 2 N–H and O–H groups in total. The Hall–Kier alpha value is -1.55. The van der Waals surface area contributed by atoms with Gasteiger partial charge in [-0.25, -0.2) is 9.98 Å². The lowest BCUT2D eigenvalue weighted by atomic mass is 9.84. The molecule has 3 rings (SSSR count). The molecule has 0 saturated heterocycles. The Bertz CT molecular complexity index is 832. The molecule has 0 atom stereocenters. The third-order valence-electron chi connectivity index (χ3n) is 4.81. The highest BCUT2D eigenvalue weighted by Crippen LogP contribution is 2.34. The molecular weight excluding hydrogens is 499 g/mol. The third-order valence-corrected chi connectivity index (χ3v) is 5.87. The Labute approximate surface area is 194 Å². The Balaban J connectivity index is 0.00000300. The van der Waals surface area contributed by atoms with E-state index in [0.29, 0.717) is 19.8 Å². The molecule has 2 heterocycles. The van der Waals surface area contributed by atoms with Crippen molar-refractivity contribution in [2.75, 3.05) is 26.3 Å². The number of aromatic nitrogens is 1. The Morgan fingerprint density at radius 3 is 2.55 bits per heavy atom. The number of aliphatic imine (C=N–C) groups is 1. The quantitative estimate of drug-likeness (QED) is 0.333. The van der Waals surface area contributed by atoms with Crippen LogP contribution in [0.15, 0.2) is 23.2 Å². The van der Waals surface area contributed by atoms with Gasteiger partial charge in [0.25, 0.3) is 0 Å². The molecule has 0 unspecified atom stereocenters. The van der Waals surface area contributed by atoms with Crippen LogP contribution < -0.4 is 20.1 Å². The van der Waals surface area contributed by atoms with Gasteiger partial charge in [-0.3, -0.25) is 0 Å². The summed E-state index contributed by atoms with van der Waals surface area (Å²) in [5, 5.41) is 7.83. The molecule has 1 aliphatic heterocycles. The van der Waals surface area contributed by atoms with Gasteiger partial charge in [-0.05, 0) is 38.5 Å². The fraction of sp³-hybridized carbons (Fsp3) is 0.524. The van der Waals surface area contributed by atoms with Crippen LogP contribution >= 0.6 is 35.3 Å². The molecule has 8 heteroatoms. The van der Waals surface area contributed by atoms with E-state index in [9.17, 15) is 0 Å². The molecule has 0 amide bonds. The summed E-state index contributed by atoms with van der Waals surface area (Å²) < 4.78 is 11.4. The Morgan fingerprint density at radius 2 is 1.90 bits per heavy atom. The molecule has 0 aliphatic carbocycles. The molecule has 29 heavy (non-hydrogen) atoms. The van der Waals surface area contributed by atoms with E-state index < -0.39 is 0 Å². The lowest BCUT2D eigenvalue weighted by Crippen LogP contribution is -2.43. The van der Waals surface area contributed by atoms with Gasteiger partial charge in [0.05, 0.1) is 12.2 Å². The normalized spacial score (nSPS) is 13.6. The smallest absolute Gasteiger partial charge is 0.191 e. The molecule has 0 bridgehead atoms. The van der Waals surface area contributed by atoms with Gasteiger partial charge in [0.15, 0.2) is 17.5 Å². The molecule has 160 valence electrons. The van der Waals surface area contributed by atoms with Crippen LogP contribution in [0.2, 0.25) is 0 Å². The standard InChI is InChI=1S/C21H30N4O2S.HI/c1-6-22-20(23-12-19-25-14(2)15(3)28-19)24-13-21(4,5)16-7-8-17-18(11-16)27-10-9-26-17;/h7-8,11H,6,9-10,12-13H2,1-5H3,(H2,22,23,24);1H. The van der Waals surface area contributed by atoms with Crippen LogP contribution in [-0.4, -0.2) is 37.2 Å². The second kappa shape index (κ2) is 10.5. The van der Waals surface area contributed by atoms with Crippen molar-refractivity contribution in [1.29, 1.82) is 0 Å². The van der Waals surface area contributed by atoms with Gasteiger partial charge in [-0.15, -0.1) is 35.3 Å². The summed E-state index contributed by atoms with van der Waals surface area (Å²) in [6.07, 6.45) is 0. The summed E-state index contributed by atoms with van der Waals surface area (Å²) in [5.41, 5.74) is 2.19.